The van der Waals surface area contributed by atoms with Gasteiger partial charge < -0.3 is 24.3 Å². The van der Waals surface area contributed by atoms with Crippen LogP contribution in [0.4, 0.5) is 4.79 Å². The highest BCUT2D eigenvalue weighted by molar-refractivity contribution is 5.74. The van der Waals surface area contributed by atoms with Gasteiger partial charge in [-0.25, -0.2) is 4.79 Å². The van der Waals surface area contributed by atoms with Crippen molar-refractivity contribution in [1.82, 2.24) is 20.8 Å². The molecule has 3 heterocycles. The number of amides is 2. The lowest BCUT2D eigenvalue weighted by Crippen LogP contribution is -2.42. The molecule has 0 radical (unpaired) electrons. The van der Waals surface area contributed by atoms with Crippen LogP contribution in [-0.2, 0) is 4.74 Å². The van der Waals surface area contributed by atoms with Gasteiger partial charge in [0.05, 0.1) is 12.3 Å². The van der Waals surface area contributed by atoms with Crippen molar-refractivity contribution in [2.45, 2.75) is 38.8 Å². The number of aromatic nitrogens is 2. The quantitative estimate of drug-likeness (QED) is 0.871. The minimum absolute atomic E-state index is 0.197. The molecule has 2 N–H and O–H groups in total. The minimum atomic E-state index is -0.334. The van der Waals surface area contributed by atoms with Crippen molar-refractivity contribution in [3.05, 3.63) is 35.9 Å². The molecule has 2 aromatic heterocycles. The van der Waals surface area contributed by atoms with Crippen LogP contribution in [0.3, 0.4) is 0 Å². The van der Waals surface area contributed by atoms with Gasteiger partial charge in [-0.05, 0) is 44.7 Å². The maximum Gasteiger partial charge on any atom is 0.316 e. The Labute approximate surface area is 139 Å². The largest absolute Gasteiger partial charge is 0.467 e. The number of nitrogens with zero attached hydrogens (tertiary/aromatic N) is 2. The van der Waals surface area contributed by atoms with Crippen LogP contribution in [0.2, 0.25) is 0 Å². The molecule has 0 spiro atoms. The Morgan fingerprint density at radius 3 is 2.75 bits per heavy atom. The molecule has 1 fully saturated rings. The fourth-order valence-corrected chi connectivity index (χ4v) is 2.86. The summed E-state index contributed by atoms with van der Waals surface area (Å²) in [4.78, 5) is 16.7. The molecule has 24 heavy (non-hydrogen) atoms. The van der Waals surface area contributed by atoms with E-state index in [1.165, 1.54) is 0 Å². The van der Waals surface area contributed by atoms with Gasteiger partial charge in [-0.15, -0.1) is 0 Å². The van der Waals surface area contributed by atoms with Crippen LogP contribution in [0, 0.1) is 12.8 Å². The molecular formula is C16H22N4O4. The fourth-order valence-electron chi connectivity index (χ4n) is 2.86. The smallest absolute Gasteiger partial charge is 0.316 e. The topological polar surface area (TPSA) is 102 Å². The van der Waals surface area contributed by atoms with Crippen molar-refractivity contribution >= 4 is 6.03 Å². The molecule has 8 heteroatoms. The predicted molar refractivity (Wildman–Crippen MR) is 84.1 cm³/mol. The SMILES string of the molecule is Cc1noc([C@H](NC(=O)N[C@@H](C)c2ccco2)C2CCOCC2)n1. The second-order valence-electron chi connectivity index (χ2n) is 5.96. The molecule has 0 bridgehead atoms. The molecule has 0 unspecified atom stereocenters. The van der Waals surface area contributed by atoms with E-state index < -0.39 is 0 Å². The third-order valence-electron chi connectivity index (χ3n) is 4.15. The van der Waals surface area contributed by atoms with Gasteiger partial charge in [0.1, 0.15) is 11.8 Å². The lowest BCUT2D eigenvalue weighted by molar-refractivity contribution is 0.0502. The van der Waals surface area contributed by atoms with Crippen LogP contribution in [-0.4, -0.2) is 29.4 Å². The Bertz CT molecular complexity index is 649. The third kappa shape index (κ3) is 3.94. The van der Waals surface area contributed by atoms with Crippen molar-refractivity contribution in [3.8, 4) is 0 Å². The molecule has 0 aromatic carbocycles. The summed E-state index contributed by atoms with van der Waals surface area (Å²) in [6.07, 6.45) is 3.25. The average Bonchev–Trinajstić information content (AvgIpc) is 3.25. The lowest BCUT2D eigenvalue weighted by atomic mass is 9.91. The second-order valence-corrected chi connectivity index (χ2v) is 5.96. The summed E-state index contributed by atoms with van der Waals surface area (Å²) in [5.41, 5.74) is 0. The van der Waals surface area contributed by atoms with Gasteiger partial charge in [0.15, 0.2) is 5.82 Å². The summed E-state index contributed by atoms with van der Waals surface area (Å²) < 4.78 is 16.0. The number of urea groups is 1. The van der Waals surface area contributed by atoms with E-state index in [1.54, 1.807) is 19.3 Å². The van der Waals surface area contributed by atoms with Crippen LogP contribution in [0.1, 0.15) is 49.3 Å². The van der Waals surface area contributed by atoms with Gasteiger partial charge >= 0.3 is 6.03 Å². The zero-order valence-corrected chi connectivity index (χ0v) is 13.8. The van der Waals surface area contributed by atoms with Crippen LogP contribution in [0.5, 0.6) is 0 Å². The number of aryl methyl sites for hydroxylation is 1. The number of hydrogen-bond donors (Lipinski definition) is 2. The molecule has 2 atom stereocenters. The summed E-state index contributed by atoms with van der Waals surface area (Å²) in [6.45, 7) is 4.95. The van der Waals surface area contributed by atoms with Crippen molar-refractivity contribution in [3.63, 3.8) is 0 Å². The Morgan fingerprint density at radius 1 is 1.33 bits per heavy atom. The maximum atomic E-state index is 12.4. The lowest BCUT2D eigenvalue weighted by Gasteiger charge is -2.29. The molecule has 2 amide bonds. The zero-order chi connectivity index (χ0) is 16.9. The first-order chi connectivity index (χ1) is 11.6. The molecule has 130 valence electrons. The number of ether oxygens (including phenoxy) is 1. The first-order valence-corrected chi connectivity index (χ1v) is 8.12. The van der Waals surface area contributed by atoms with Crippen molar-refractivity contribution in [2.24, 2.45) is 5.92 Å². The molecular weight excluding hydrogens is 312 g/mol. The summed E-state index contributed by atoms with van der Waals surface area (Å²) in [5.74, 6) is 1.87. The zero-order valence-electron chi connectivity index (χ0n) is 13.8. The first kappa shape index (κ1) is 16.5. The fraction of sp³-hybridized carbons (Fsp3) is 0.562. The number of rotatable bonds is 5. The van der Waals surface area contributed by atoms with Crippen molar-refractivity contribution in [2.75, 3.05) is 13.2 Å². The number of carbonyl (C=O) groups is 1. The van der Waals surface area contributed by atoms with E-state index >= 15 is 0 Å². The van der Waals surface area contributed by atoms with E-state index in [0.29, 0.717) is 30.7 Å². The number of hydrogen-bond acceptors (Lipinski definition) is 6. The van der Waals surface area contributed by atoms with Gasteiger partial charge in [0.25, 0.3) is 0 Å². The molecule has 1 aliphatic heterocycles. The maximum absolute atomic E-state index is 12.4. The Balaban J connectivity index is 1.67. The molecule has 0 saturated carbocycles. The van der Waals surface area contributed by atoms with E-state index in [1.807, 2.05) is 13.0 Å². The normalized spacial score (nSPS) is 18.1. The van der Waals surface area contributed by atoms with Gasteiger partial charge in [-0.3, -0.25) is 0 Å². The van der Waals surface area contributed by atoms with Gasteiger partial charge in [0.2, 0.25) is 5.89 Å². The van der Waals surface area contributed by atoms with E-state index in [2.05, 4.69) is 20.8 Å². The Hall–Kier alpha value is -2.35. The monoisotopic (exact) mass is 334 g/mol. The predicted octanol–water partition coefficient (Wildman–Crippen LogP) is 2.50. The van der Waals surface area contributed by atoms with E-state index in [4.69, 9.17) is 13.7 Å². The van der Waals surface area contributed by atoms with Gasteiger partial charge in [-0.1, -0.05) is 5.16 Å². The molecule has 2 aromatic rings. The highest BCUT2D eigenvalue weighted by atomic mass is 16.5. The van der Waals surface area contributed by atoms with Gasteiger partial charge in [-0.2, -0.15) is 4.98 Å². The highest BCUT2D eigenvalue weighted by Crippen LogP contribution is 2.29. The Kier molecular flexibility index (Phi) is 5.14. The summed E-state index contributed by atoms with van der Waals surface area (Å²) in [6, 6.07) is 2.74. The van der Waals surface area contributed by atoms with Crippen molar-refractivity contribution < 1.29 is 18.5 Å². The highest BCUT2D eigenvalue weighted by Gasteiger charge is 2.31. The summed E-state index contributed by atoms with van der Waals surface area (Å²) in [7, 11) is 0. The standard InChI is InChI=1S/C16H22N4O4/c1-10(13-4-3-7-23-13)17-16(21)19-14(12-5-8-22-9-6-12)15-18-11(2)20-24-15/h3-4,7,10,12,14H,5-6,8-9H2,1-2H3,(H2,17,19,21)/t10-,14+/m0/s1. The minimum Gasteiger partial charge on any atom is -0.467 e. The summed E-state index contributed by atoms with van der Waals surface area (Å²) >= 11 is 0. The first-order valence-electron chi connectivity index (χ1n) is 8.12. The summed E-state index contributed by atoms with van der Waals surface area (Å²) in [5, 5.41) is 9.67. The molecule has 1 saturated heterocycles. The number of carbonyl (C=O) groups excluding carboxylic acids is 1. The van der Waals surface area contributed by atoms with Gasteiger partial charge in [0, 0.05) is 13.2 Å². The third-order valence-corrected chi connectivity index (χ3v) is 4.15. The Morgan fingerprint density at radius 2 is 2.12 bits per heavy atom. The van der Waals surface area contributed by atoms with Crippen molar-refractivity contribution in [1.29, 1.82) is 0 Å². The van der Waals surface area contributed by atoms with E-state index in [0.717, 1.165) is 12.8 Å². The number of nitrogens with one attached hydrogen (secondary N) is 2. The molecule has 0 aliphatic carbocycles. The molecule has 8 nitrogen and oxygen atoms in total. The number of furan rings is 1. The molecule has 1 aliphatic rings. The van der Waals surface area contributed by atoms with Crippen LogP contribution in [0.15, 0.2) is 27.3 Å². The molecule has 3 rings (SSSR count). The van der Waals surface area contributed by atoms with Crippen LogP contribution < -0.4 is 10.6 Å². The van der Waals surface area contributed by atoms with E-state index in [9.17, 15) is 4.79 Å². The van der Waals surface area contributed by atoms with Crippen LogP contribution >= 0.6 is 0 Å². The second kappa shape index (κ2) is 7.48. The van der Waals surface area contributed by atoms with E-state index in [-0.39, 0.29) is 24.0 Å². The average molecular weight is 334 g/mol. The van der Waals surface area contributed by atoms with Crippen LogP contribution in [0.25, 0.3) is 0 Å².